The van der Waals surface area contributed by atoms with Gasteiger partial charge < -0.3 is 5.11 Å². The zero-order chi connectivity index (χ0) is 11.4. The van der Waals surface area contributed by atoms with Gasteiger partial charge in [0.15, 0.2) is 0 Å². The molecule has 3 nitrogen and oxygen atoms in total. The van der Waals surface area contributed by atoms with Gasteiger partial charge in [0.05, 0.1) is 0 Å². The number of carboxylic acid groups (broad SMARTS) is 1. The Kier molecular flexibility index (Phi) is 4.14. The second kappa shape index (κ2) is 5.41. The molecule has 16 heavy (non-hydrogen) atoms. The zero-order valence-electron chi connectivity index (χ0n) is 9.78. The van der Waals surface area contributed by atoms with E-state index in [-0.39, 0.29) is 0 Å². The summed E-state index contributed by atoms with van der Waals surface area (Å²) in [5.41, 5.74) is -0.540. The molecule has 2 rings (SSSR count). The lowest BCUT2D eigenvalue weighted by Gasteiger charge is -2.38. The van der Waals surface area contributed by atoms with Crippen molar-refractivity contribution in [1.29, 1.82) is 0 Å². The average molecular weight is 243 g/mol. The molecule has 1 atom stereocenters. The first-order chi connectivity index (χ1) is 7.76. The predicted molar refractivity (Wildman–Crippen MR) is 67.0 cm³/mol. The van der Waals surface area contributed by atoms with Gasteiger partial charge in [-0.25, -0.2) is 0 Å². The van der Waals surface area contributed by atoms with Gasteiger partial charge in [-0.15, -0.1) is 0 Å². The molecule has 92 valence electrons. The van der Waals surface area contributed by atoms with Gasteiger partial charge in [0.25, 0.3) is 0 Å². The number of nitrogens with zero attached hydrogens (tertiary/aromatic N) is 1. The van der Waals surface area contributed by atoms with Gasteiger partial charge in [0.1, 0.15) is 5.54 Å². The standard InChI is InChI=1S/C12H21NO2S/c14-11(15)12(6-9-16-10-12)13-7-4-2-1-3-5-8-13/h1-10H2,(H,14,15). The quantitative estimate of drug-likeness (QED) is 0.807. The Morgan fingerprint density at radius 1 is 1.12 bits per heavy atom. The van der Waals surface area contributed by atoms with Gasteiger partial charge in [-0.1, -0.05) is 19.3 Å². The van der Waals surface area contributed by atoms with Crippen LogP contribution in [0.2, 0.25) is 0 Å². The molecule has 2 fully saturated rings. The third-order valence-corrected chi connectivity index (χ3v) is 5.03. The summed E-state index contributed by atoms with van der Waals surface area (Å²) in [4.78, 5) is 13.8. The summed E-state index contributed by atoms with van der Waals surface area (Å²) in [6.45, 7) is 1.96. The summed E-state index contributed by atoms with van der Waals surface area (Å²) in [6.07, 6.45) is 7.01. The van der Waals surface area contributed by atoms with Crippen LogP contribution in [-0.2, 0) is 4.79 Å². The molecule has 1 unspecified atom stereocenters. The highest BCUT2D eigenvalue weighted by Gasteiger charge is 2.46. The van der Waals surface area contributed by atoms with Crippen molar-refractivity contribution in [3.63, 3.8) is 0 Å². The zero-order valence-corrected chi connectivity index (χ0v) is 10.6. The van der Waals surface area contributed by atoms with Crippen molar-refractivity contribution >= 4 is 17.7 Å². The SMILES string of the molecule is O=C(O)C1(N2CCCCCCC2)CCSC1. The molecule has 0 radical (unpaired) electrons. The summed E-state index contributed by atoms with van der Waals surface area (Å²) < 4.78 is 0. The molecule has 0 aromatic rings. The van der Waals surface area contributed by atoms with E-state index in [0.29, 0.717) is 0 Å². The second-order valence-corrected chi connectivity index (χ2v) is 6.00. The molecule has 0 amide bonds. The summed E-state index contributed by atoms with van der Waals surface area (Å²) in [7, 11) is 0. The maximum atomic E-state index is 11.6. The van der Waals surface area contributed by atoms with Crippen molar-refractivity contribution in [2.24, 2.45) is 0 Å². The number of hydrogen-bond donors (Lipinski definition) is 1. The van der Waals surface area contributed by atoms with Crippen molar-refractivity contribution < 1.29 is 9.90 Å². The monoisotopic (exact) mass is 243 g/mol. The van der Waals surface area contributed by atoms with Gasteiger partial charge in [-0.2, -0.15) is 11.8 Å². The van der Waals surface area contributed by atoms with Crippen molar-refractivity contribution in [2.45, 2.75) is 44.1 Å². The number of carboxylic acids is 1. The number of rotatable bonds is 2. The molecular weight excluding hydrogens is 222 g/mol. The molecule has 2 aliphatic rings. The molecular formula is C12H21NO2S. The number of aliphatic carboxylic acids is 1. The highest BCUT2D eigenvalue weighted by Crippen LogP contribution is 2.35. The van der Waals surface area contributed by atoms with E-state index in [2.05, 4.69) is 4.90 Å². The number of carbonyl (C=O) groups is 1. The highest BCUT2D eigenvalue weighted by atomic mass is 32.2. The molecule has 0 aliphatic carbocycles. The van der Waals surface area contributed by atoms with Crippen LogP contribution in [0.1, 0.15) is 38.5 Å². The van der Waals surface area contributed by atoms with Crippen LogP contribution in [0.3, 0.4) is 0 Å². The third kappa shape index (κ3) is 2.38. The van der Waals surface area contributed by atoms with Gasteiger partial charge in [-0.05, 0) is 38.1 Å². The van der Waals surface area contributed by atoms with Crippen LogP contribution in [0.25, 0.3) is 0 Å². The Morgan fingerprint density at radius 2 is 1.75 bits per heavy atom. The number of thioether (sulfide) groups is 1. The van der Waals surface area contributed by atoms with E-state index in [1.807, 2.05) is 0 Å². The fraction of sp³-hybridized carbons (Fsp3) is 0.917. The van der Waals surface area contributed by atoms with Gasteiger partial charge in [0.2, 0.25) is 0 Å². The lowest BCUT2D eigenvalue weighted by atomic mass is 9.94. The largest absolute Gasteiger partial charge is 0.480 e. The van der Waals surface area contributed by atoms with Crippen LogP contribution in [0, 0.1) is 0 Å². The topological polar surface area (TPSA) is 40.5 Å². The minimum Gasteiger partial charge on any atom is -0.480 e. The summed E-state index contributed by atoms with van der Waals surface area (Å²) >= 11 is 1.79. The molecule has 2 saturated heterocycles. The third-order valence-electron chi connectivity index (χ3n) is 3.86. The fourth-order valence-electron chi connectivity index (χ4n) is 2.78. The highest BCUT2D eigenvalue weighted by molar-refractivity contribution is 7.99. The van der Waals surface area contributed by atoms with Crippen LogP contribution in [0.4, 0.5) is 0 Å². The Labute approximate surface area is 102 Å². The number of hydrogen-bond acceptors (Lipinski definition) is 3. The van der Waals surface area contributed by atoms with E-state index in [0.717, 1.165) is 31.0 Å². The predicted octanol–water partition coefficient (Wildman–Crippen LogP) is 2.21. The number of likely N-dealkylation sites (tertiary alicyclic amines) is 1. The lowest BCUT2D eigenvalue weighted by molar-refractivity contribution is -0.150. The molecule has 0 bridgehead atoms. The van der Waals surface area contributed by atoms with E-state index in [1.54, 1.807) is 11.8 Å². The van der Waals surface area contributed by atoms with Crippen LogP contribution < -0.4 is 0 Å². The van der Waals surface area contributed by atoms with Gasteiger partial charge in [-0.3, -0.25) is 9.69 Å². The van der Waals surface area contributed by atoms with Crippen LogP contribution >= 0.6 is 11.8 Å². The van der Waals surface area contributed by atoms with E-state index in [4.69, 9.17) is 0 Å². The van der Waals surface area contributed by atoms with Crippen molar-refractivity contribution in [1.82, 2.24) is 4.90 Å². The molecule has 2 heterocycles. The fourth-order valence-corrected chi connectivity index (χ4v) is 4.20. The molecule has 1 N–H and O–H groups in total. The minimum absolute atomic E-state index is 0.540. The van der Waals surface area contributed by atoms with Crippen LogP contribution in [-0.4, -0.2) is 46.1 Å². The minimum atomic E-state index is -0.599. The van der Waals surface area contributed by atoms with Crippen molar-refractivity contribution in [2.75, 3.05) is 24.6 Å². The molecule has 4 heteroatoms. The van der Waals surface area contributed by atoms with E-state index in [1.165, 1.54) is 32.1 Å². The van der Waals surface area contributed by atoms with Crippen LogP contribution in [0.15, 0.2) is 0 Å². The Morgan fingerprint density at radius 3 is 2.25 bits per heavy atom. The van der Waals surface area contributed by atoms with E-state index in [9.17, 15) is 9.90 Å². The molecule has 2 aliphatic heterocycles. The smallest absolute Gasteiger partial charge is 0.325 e. The van der Waals surface area contributed by atoms with E-state index < -0.39 is 11.5 Å². The lowest BCUT2D eigenvalue weighted by Crippen LogP contribution is -2.55. The van der Waals surface area contributed by atoms with Crippen molar-refractivity contribution in [3.8, 4) is 0 Å². The molecule has 0 aromatic carbocycles. The Bertz CT molecular complexity index is 243. The molecule has 0 aromatic heterocycles. The first-order valence-corrected chi connectivity index (χ1v) is 7.47. The molecule has 0 saturated carbocycles. The maximum Gasteiger partial charge on any atom is 0.325 e. The maximum absolute atomic E-state index is 11.6. The van der Waals surface area contributed by atoms with Gasteiger partial charge in [0, 0.05) is 5.75 Å². The first kappa shape index (κ1) is 12.2. The van der Waals surface area contributed by atoms with E-state index >= 15 is 0 Å². The second-order valence-electron chi connectivity index (χ2n) is 4.89. The molecule has 0 spiro atoms. The summed E-state index contributed by atoms with van der Waals surface area (Å²) in [6, 6.07) is 0. The normalized spacial score (nSPS) is 33.2. The Hall–Kier alpha value is -0.220. The van der Waals surface area contributed by atoms with Gasteiger partial charge >= 0.3 is 5.97 Å². The van der Waals surface area contributed by atoms with Crippen molar-refractivity contribution in [3.05, 3.63) is 0 Å². The van der Waals surface area contributed by atoms with Crippen LogP contribution in [0.5, 0.6) is 0 Å². The summed E-state index contributed by atoms with van der Waals surface area (Å²) in [5.74, 6) is 1.18. The summed E-state index contributed by atoms with van der Waals surface area (Å²) in [5, 5.41) is 9.52. The Balaban J connectivity index is 2.08. The first-order valence-electron chi connectivity index (χ1n) is 6.32. The average Bonchev–Trinajstić information content (AvgIpc) is 2.66.